The number of fused-ring (bicyclic) bond motifs is 2. The molecule has 2 fully saturated rings. The number of anilines is 3. The van der Waals surface area contributed by atoms with Crippen LogP contribution in [0.5, 0.6) is 0 Å². The van der Waals surface area contributed by atoms with Crippen molar-refractivity contribution in [2.75, 3.05) is 23.3 Å². The fraction of sp³-hybridized carbons (Fsp3) is 0.438. The van der Waals surface area contributed by atoms with Crippen LogP contribution in [0.25, 0.3) is 16.9 Å². The number of pyridine rings is 1. The third-order valence-corrected chi connectivity index (χ3v) is 9.23. The van der Waals surface area contributed by atoms with Crippen LogP contribution >= 0.6 is 0 Å². The van der Waals surface area contributed by atoms with Crippen LogP contribution in [0.2, 0.25) is 0 Å². The Morgan fingerprint density at radius 2 is 1.86 bits per heavy atom. The molecule has 3 aromatic heterocycles. The van der Waals surface area contributed by atoms with E-state index in [-0.39, 0.29) is 29.7 Å². The summed E-state index contributed by atoms with van der Waals surface area (Å²) in [6.45, 7) is 12.0. The minimum absolute atomic E-state index is 0.109. The fourth-order valence-corrected chi connectivity index (χ4v) is 7.02. The predicted octanol–water partition coefficient (Wildman–Crippen LogP) is 4.45. The topological polar surface area (TPSA) is 110 Å². The molecule has 1 aromatic carbocycles. The molecular weight excluding hydrogens is 530 g/mol. The number of ether oxygens (including phenoxy) is 1. The zero-order valence-corrected chi connectivity index (χ0v) is 24.4. The summed E-state index contributed by atoms with van der Waals surface area (Å²) in [4.78, 5) is 30.0. The quantitative estimate of drug-likeness (QED) is 0.315. The molecule has 4 heterocycles. The predicted molar refractivity (Wildman–Crippen MR) is 163 cm³/mol. The van der Waals surface area contributed by atoms with Crippen LogP contribution < -0.4 is 15.8 Å². The van der Waals surface area contributed by atoms with Crippen molar-refractivity contribution in [1.29, 1.82) is 0 Å². The van der Waals surface area contributed by atoms with Crippen LogP contribution in [0, 0.1) is 5.41 Å². The SMILES string of the molecule is C=CCn1c(=O)c2cnc(Nc3ccc(N4C[C@@H](C)O[C@@H](C)C4)cc3)nc2n1-c1ccc2c(n1)[C@@](O)(CC)C1(CC1)C2. The molecular formula is C32H37N7O3. The Morgan fingerprint density at radius 1 is 1.12 bits per heavy atom. The molecule has 0 unspecified atom stereocenters. The number of nitrogens with zero attached hydrogens (tertiary/aromatic N) is 6. The second kappa shape index (κ2) is 9.78. The average molecular weight is 568 g/mol. The van der Waals surface area contributed by atoms with Crippen molar-refractivity contribution >= 4 is 28.4 Å². The summed E-state index contributed by atoms with van der Waals surface area (Å²) >= 11 is 0. The number of morpholine rings is 1. The smallest absolute Gasteiger partial charge is 0.278 e. The van der Waals surface area contributed by atoms with Crippen molar-refractivity contribution in [1.82, 2.24) is 24.3 Å². The van der Waals surface area contributed by atoms with Crippen molar-refractivity contribution in [3.05, 3.63) is 76.9 Å². The van der Waals surface area contributed by atoms with E-state index in [1.165, 1.54) is 0 Å². The normalized spacial score (nSPS) is 24.2. The maximum atomic E-state index is 13.4. The molecule has 3 aliphatic rings. The van der Waals surface area contributed by atoms with Gasteiger partial charge in [0.1, 0.15) is 11.0 Å². The Kier molecular flexibility index (Phi) is 6.25. The Morgan fingerprint density at radius 3 is 2.52 bits per heavy atom. The van der Waals surface area contributed by atoms with Gasteiger partial charge in [-0.2, -0.15) is 4.98 Å². The third-order valence-electron chi connectivity index (χ3n) is 9.23. The number of aromatic nitrogens is 5. The van der Waals surface area contributed by atoms with Crippen LogP contribution in [0.1, 0.15) is 51.3 Å². The highest BCUT2D eigenvalue weighted by atomic mass is 16.5. The first-order valence-electron chi connectivity index (χ1n) is 14.9. The summed E-state index contributed by atoms with van der Waals surface area (Å²) in [6, 6.07) is 12.1. The number of benzene rings is 1. The second-order valence-corrected chi connectivity index (χ2v) is 12.1. The molecule has 10 heteroatoms. The van der Waals surface area contributed by atoms with E-state index in [2.05, 4.69) is 47.8 Å². The molecule has 7 rings (SSSR count). The highest BCUT2D eigenvalue weighted by molar-refractivity contribution is 5.77. The van der Waals surface area contributed by atoms with Gasteiger partial charge in [0.05, 0.1) is 24.4 Å². The van der Waals surface area contributed by atoms with Gasteiger partial charge < -0.3 is 20.1 Å². The summed E-state index contributed by atoms with van der Waals surface area (Å²) in [5.74, 6) is 0.909. The lowest BCUT2D eigenvalue weighted by Crippen LogP contribution is -2.45. The second-order valence-electron chi connectivity index (χ2n) is 12.1. The highest BCUT2D eigenvalue weighted by Crippen LogP contribution is 2.65. The average Bonchev–Trinajstić information content (AvgIpc) is 3.66. The van der Waals surface area contributed by atoms with Gasteiger partial charge in [0.2, 0.25) is 5.95 Å². The van der Waals surface area contributed by atoms with E-state index in [1.54, 1.807) is 21.6 Å². The molecule has 218 valence electrons. The molecule has 0 bridgehead atoms. The Hall–Kier alpha value is -4.02. The van der Waals surface area contributed by atoms with Crippen molar-refractivity contribution < 1.29 is 9.84 Å². The summed E-state index contributed by atoms with van der Waals surface area (Å²) in [6.07, 6.45) is 7.05. The Bertz CT molecular complexity index is 1730. The molecule has 10 nitrogen and oxygen atoms in total. The van der Waals surface area contributed by atoms with E-state index < -0.39 is 5.60 Å². The van der Waals surface area contributed by atoms with E-state index >= 15 is 0 Å². The Balaban J connectivity index is 1.24. The number of allylic oxidation sites excluding steroid dienone is 1. The largest absolute Gasteiger partial charge is 0.383 e. The van der Waals surface area contributed by atoms with E-state index in [1.807, 2.05) is 31.2 Å². The van der Waals surface area contributed by atoms with E-state index in [4.69, 9.17) is 14.7 Å². The van der Waals surface area contributed by atoms with Crippen LogP contribution in [0.4, 0.5) is 17.3 Å². The lowest BCUT2D eigenvalue weighted by Gasteiger charge is -2.36. The van der Waals surface area contributed by atoms with Gasteiger partial charge in [-0.15, -0.1) is 6.58 Å². The number of hydrogen-bond acceptors (Lipinski definition) is 8. The van der Waals surface area contributed by atoms with E-state index in [0.29, 0.717) is 29.2 Å². The summed E-state index contributed by atoms with van der Waals surface area (Å²) in [7, 11) is 0. The molecule has 1 aliphatic heterocycles. The molecule has 1 saturated heterocycles. The molecule has 42 heavy (non-hydrogen) atoms. The minimum Gasteiger partial charge on any atom is -0.383 e. The lowest BCUT2D eigenvalue weighted by atomic mass is 9.84. The zero-order chi connectivity index (χ0) is 29.2. The molecule has 0 radical (unpaired) electrons. The fourth-order valence-electron chi connectivity index (χ4n) is 7.02. The first-order chi connectivity index (χ1) is 20.2. The van der Waals surface area contributed by atoms with Crippen molar-refractivity contribution in [3.63, 3.8) is 0 Å². The summed E-state index contributed by atoms with van der Waals surface area (Å²) < 4.78 is 9.17. The maximum Gasteiger partial charge on any atom is 0.278 e. The molecule has 0 amide bonds. The monoisotopic (exact) mass is 567 g/mol. The number of aliphatic hydroxyl groups is 1. The van der Waals surface area contributed by atoms with Crippen LogP contribution in [0.3, 0.4) is 0 Å². The summed E-state index contributed by atoms with van der Waals surface area (Å²) in [5.41, 5.74) is 2.92. The van der Waals surface area contributed by atoms with Gasteiger partial charge in [0.25, 0.3) is 5.56 Å². The Labute approximate surface area is 244 Å². The van der Waals surface area contributed by atoms with Crippen molar-refractivity contribution in [3.8, 4) is 5.82 Å². The number of nitrogens with one attached hydrogen (secondary N) is 1. The lowest BCUT2D eigenvalue weighted by molar-refractivity contribution is -0.0324. The van der Waals surface area contributed by atoms with Gasteiger partial charge in [-0.1, -0.05) is 19.1 Å². The first kappa shape index (κ1) is 26.9. The van der Waals surface area contributed by atoms with Crippen LogP contribution in [-0.2, 0) is 23.3 Å². The van der Waals surface area contributed by atoms with Crippen LogP contribution in [-0.4, -0.2) is 54.7 Å². The first-order valence-corrected chi connectivity index (χ1v) is 14.9. The van der Waals surface area contributed by atoms with Gasteiger partial charge in [0, 0.05) is 36.1 Å². The van der Waals surface area contributed by atoms with Crippen LogP contribution in [0.15, 0.2) is 60.0 Å². The van der Waals surface area contributed by atoms with Gasteiger partial charge in [0.15, 0.2) is 11.5 Å². The van der Waals surface area contributed by atoms with Crippen molar-refractivity contribution in [2.45, 2.75) is 70.8 Å². The molecule has 1 spiro atoms. The van der Waals surface area contributed by atoms with E-state index in [9.17, 15) is 9.90 Å². The van der Waals surface area contributed by atoms with Crippen molar-refractivity contribution in [2.24, 2.45) is 5.41 Å². The van der Waals surface area contributed by atoms with Gasteiger partial charge in [-0.05, 0) is 75.4 Å². The maximum absolute atomic E-state index is 13.4. The highest BCUT2D eigenvalue weighted by Gasteiger charge is 2.63. The van der Waals surface area contributed by atoms with Gasteiger partial charge in [-0.3, -0.25) is 4.79 Å². The summed E-state index contributed by atoms with van der Waals surface area (Å²) in [5, 5.41) is 15.4. The standard InChI is InChI=1S/C32H37N7O3/c1-5-15-38-29(40)25-17-33-30(34-23-8-10-24(11-9-23)37-18-20(3)42-21(4)19-37)36-28(25)39(38)26-12-7-22-16-31(13-14-31)32(41,6-2)27(22)35-26/h5,7-12,17,20-21,41H,1,6,13-16,18-19H2,2-4H3,(H,33,34,36)/t20-,21+,32-/m0/s1. The molecule has 2 N–H and O–H groups in total. The minimum atomic E-state index is -0.962. The number of hydrogen-bond donors (Lipinski definition) is 2. The molecule has 4 aromatic rings. The van der Waals surface area contributed by atoms with Gasteiger partial charge in [-0.25, -0.2) is 19.3 Å². The number of rotatable bonds is 7. The van der Waals surface area contributed by atoms with Gasteiger partial charge >= 0.3 is 0 Å². The zero-order valence-electron chi connectivity index (χ0n) is 24.4. The third kappa shape index (κ3) is 4.15. The molecule has 3 atom stereocenters. The van der Waals surface area contributed by atoms with E-state index in [0.717, 1.165) is 55.0 Å². The molecule has 2 aliphatic carbocycles. The molecule has 1 saturated carbocycles.